The summed E-state index contributed by atoms with van der Waals surface area (Å²) < 4.78 is 1.16. The zero-order chi connectivity index (χ0) is 27.3. The van der Waals surface area contributed by atoms with Gasteiger partial charge in [-0.2, -0.15) is 0 Å². The highest BCUT2D eigenvalue weighted by atomic mass is 79.9. The third-order valence-electron chi connectivity index (χ3n) is 8.34. The Bertz CT molecular complexity index is 2190. The second-order valence-corrected chi connectivity index (χ2v) is 11.4. The Balaban J connectivity index is 1.27. The Kier molecular flexibility index (Phi) is 5.72. The molecule has 0 amide bonds. The molecule has 0 bridgehead atoms. The molecule has 0 atom stereocenters. The van der Waals surface area contributed by atoms with Gasteiger partial charge in [0.05, 0.1) is 0 Å². The zero-order valence-electron chi connectivity index (χ0n) is 22.3. The molecular weight excluding hydrogens is 560 g/mol. The lowest BCUT2D eigenvalue weighted by molar-refractivity contribution is 1.63. The molecular formula is C40H25Br. The molecule has 0 nitrogen and oxygen atoms in total. The van der Waals surface area contributed by atoms with Gasteiger partial charge < -0.3 is 0 Å². The SMILES string of the molecule is Brc1c2ccccc2c(-c2ccc(-c3ccc4ccc5c(-c6ccccc6)cccc5c4c3)cc2)c2ccccc12. The quantitative estimate of drug-likeness (QED) is 0.143. The summed E-state index contributed by atoms with van der Waals surface area (Å²) in [6.07, 6.45) is 0. The van der Waals surface area contributed by atoms with Crippen molar-refractivity contribution in [2.24, 2.45) is 0 Å². The lowest BCUT2D eigenvalue weighted by Gasteiger charge is -2.15. The van der Waals surface area contributed by atoms with Gasteiger partial charge >= 0.3 is 0 Å². The molecule has 0 N–H and O–H groups in total. The highest BCUT2D eigenvalue weighted by molar-refractivity contribution is 9.10. The molecule has 0 heterocycles. The van der Waals surface area contributed by atoms with Crippen LogP contribution in [0.2, 0.25) is 0 Å². The fraction of sp³-hybridized carbons (Fsp3) is 0. The summed E-state index contributed by atoms with van der Waals surface area (Å²) in [5, 5.41) is 10.1. The van der Waals surface area contributed by atoms with Crippen molar-refractivity contribution in [2.75, 3.05) is 0 Å². The molecule has 8 rings (SSSR count). The van der Waals surface area contributed by atoms with E-state index >= 15 is 0 Å². The topological polar surface area (TPSA) is 0 Å². The van der Waals surface area contributed by atoms with Crippen molar-refractivity contribution in [3.8, 4) is 33.4 Å². The summed E-state index contributed by atoms with van der Waals surface area (Å²) in [4.78, 5) is 0. The van der Waals surface area contributed by atoms with Gasteiger partial charge in [-0.05, 0) is 98.5 Å². The minimum absolute atomic E-state index is 1.16. The van der Waals surface area contributed by atoms with Crippen LogP contribution in [0.4, 0.5) is 0 Å². The number of halogens is 1. The first-order valence-electron chi connectivity index (χ1n) is 14.0. The van der Waals surface area contributed by atoms with E-state index in [2.05, 4.69) is 168 Å². The summed E-state index contributed by atoms with van der Waals surface area (Å²) in [6.45, 7) is 0. The maximum Gasteiger partial charge on any atom is 0.0332 e. The Hall–Kier alpha value is -4.72. The number of hydrogen-bond acceptors (Lipinski definition) is 0. The normalized spacial score (nSPS) is 11.5. The van der Waals surface area contributed by atoms with Crippen LogP contribution in [0.5, 0.6) is 0 Å². The van der Waals surface area contributed by atoms with E-state index in [1.54, 1.807) is 0 Å². The molecule has 0 fully saturated rings. The first-order chi connectivity index (χ1) is 20.3. The molecule has 0 radical (unpaired) electrons. The predicted molar refractivity (Wildman–Crippen MR) is 180 cm³/mol. The zero-order valence-corrected chi connectivity index (χ0v) is 23.9. The van der Waals surface area contributed by atoms with E-state index in [0.717, 1.165) is 4.47 Å². The summed E-state index contributed by atoms with van der Waals surface area (Å²) in [5.74, 6) is 0. The molecule has 0 aliphatic heterocycles. The van der Waals surface area contributed by atoms with Crippen LogP contribution >= 0.6 is 15.9 Å². The molecule has 192 valence electrons. The monoisotopic (exact) mass is 584 g/mol. The Morgan fingerprint density at radius 2 is 0.878 bits per heavy atom. The van der Waals surface area contributed by atoms with Crippen LogP contribution in [-0.2, 0) is 0 Å². The molecule has 41 heavy (non-hydrogen) atoms. The van der Waals surface area contributed by atoms with Crippen LogP contribution in [-0.4, -0.2) is 0 Å². The van der Waals surface area contributed by atoms with Crippen LogP contribution in [0.1, 0.15) is 0 Å². The molecule has 0 aliphatic carbocycles. The third kappa shape index (κ3) is 3.96. The standard InChI is InChI=1S/C40H25Br/c41-40-36-13-6-4-11-34(36)39(35-12-5-7-14-37(35)40)29-20-17-26(18-21-29)30-22-19-28-23-24-33-31(27-9-2-1-3-10-27)15-8-16-32(33)38(28)25-30/h1-25H. The summed E-state index contributed by atoms with van der Waals surface area (Å²) in [5.41, 5.74) is 7.48. The lowest BCUT2D eigenvalue weighted by Crippen LogP contribution is -1.88. The van der Waals surface area contributed by atoms with E-state index in [-0.39, 0.29) is 0 Å². The maximum absolute atomic E-state index is 3.89. The summed E-state index contributed by atoms with van der Waals surface area (Å²) in [6, 6.07) is 55.1. The van der Waals surface area contributed by atoms with Gasteiger partial charge in [0, 0.05) is 4.47 Å². The number of hydrogen-bond donors (Lipinski definition) is 0. The van der Waals surface area contributed by atoms with E-state index in [9.17, 15) is 0 Å². The predicted octanol–water partition coefficient (Wildman–Crippen LogP) is 12.1. The van der Waals surface area contributed by atoms with E-state index in [1.807, 2.05) is 0 Å². The molecule has 0 saturated carbocycles. The summed E-state index contributed by atoms with van der Waals surface area (Å²) >= 11 is 3.89. The van der Waals surface area contributed by atoms with Crippen LogP contribution in [0.15, 0.2) is 156 Å². The van der Waals surface area contributed by atoms with Gasteiger partial charge in [0.2, 0.25) is 0 Å². The molecule has 0 aromatic heterocycles. The van der Waals surface area contributed by atoms with Crippen LogP contribution < -0.4 is 0 Å². The molecule has 8 aromatic rings. The van der Waals surface area contributed by atoms with Gasteiger partial charge in [-0.25, -0.2) is 0 Å². The van der Waals surface area contributed by atoms with Crippen LogP contribution in [0.25, 0.3) is 76.5 Å². The summed E-state index contributed by atoms with van der Waals surface area (Å²) in [7, 11) is 0. The number of benzene rings is 8. The van der Waals surface area contributed by atoms with Gasteiger partial charge in [0.25, 0.3) is 0 Å². The first-order valence-corrected chi connectivity index (χ1v) is 14.8. The molecule has 0 unspecified atom stereocenters. The fourth-order valence-corrected chi connectivity index (χ4v) is 7.04. The molecule has 0 spiro atoms. The van der Waals surface area contributed by atoms with E-state index < -0.39 is 0 Å². The Morgan fingerprint density at radius 1 is 0.317 bits per heavy atom. The molecule has 0 aliphatic rings. The van der Waals surface area contributed by atoms with Crippen molar-refractivity contribution in [2.45, 2.75) is 0 Å². The van der Waals surface area contributed by atoms with Crippen LogP contribution in [0.3, 0.4) is 0 Å². The Morgan fingerprint density at radius 3 is 1.59 bits per heavy atom. The van der Waals surface area contributed by atoms with Crippen LogP contribution in [0, 0.1) is 0 Å². The van der Waals surface area contributed by atoms with E-state index in [1.165, 1.54) is 76.5 Å². The second-order valence-electron chi connectivity index (χ2n) is 10.6. The van der Waals surface area contributed by atoms with Gasteiger partial charge in [-0.1, -0.05) is 146 Å². The Labute approximate surface area is 247 Å². The fourth-order valence-electron chi connectivity index (χ4n) is 6.35. The van der Waals surface area contributed by atoms with Crippen molar-refractivity contribution in [1.29, 1.82) is 0 Å². The van der Waals surface area contributed by atoms with Gasteiger partial charge in [-0.3, -0.25) is 0 Å². The van der Waals surface area contributed by atoms with Crippen molar-refractivity contribution < 1.29 is 0 Å². The van der Waals surface area contributed by atoms with Gasteiger partial charge in [0.15, 0.2) is 0 Å². The molecule has 1 heteroatoms. The lowest BCUT2D eigenvalue weighted by atomic mass is 9.90. The van der Waals surface area contributed by atoms with Gasteiger partial charge in [0.1, 0.15) is 0 Å². The van der Waals surface area contributed by atoms with Crippen molar-refractivity contribution in [3.63, 3.8) is 0 Å². The minimum Gasteiger partial charge on any atom is -0.0622 e. The molecule has 8 aromatic carbocycles. The van der Waals surface area contributed by atoms with Crippen molar-refractivity contribution in [3.05, 3.63) is 156 Å². The average molecular weight is 586 g/mol. The maximum atomic E-state index is 3.89. The first kappa shape index (κ1) is 24.1. The average Bonchev–Trinajstić information content (AvgIpc) is 3.05. The third-order valence-corrected chi connectivity index (χ3v) is 9.19. The number of rotatable bonds is 3. The minimum atomic E-state index is 1.16. The highest BCUT2D eigenvalue weighted by Crippen LogP contribution is 2.42. The number of fused-ring (bicyclic) bond motifs is 5. The largest absolute Gasteiger partial charge is 0.0622 e. The van der Waals surface area contributed by atoms with Crippen molar-refractivity contribution in [1.82, 2.24) is 0 Å². The molecule has 0 saturated heterocycles. The smallest absolute Gasteiger partial charge is 0.0332 e. The van der Waals surface area contributed by atoms with Gasteiger partial charge in [-0.15, -0.1) is 0 Å². The van der Waals surface area contributed by atoms with E-state index in [0.29, 0.717) is 0 Å². The van der Waals surface area contributed by atoms with E-state index in [4.69, 9.17) is 0 Å². The van der Waals surface area contributed by atoms with Crippen molar-refractivity contribution >= 4 is 59.0 Å². The second kappa shape index (κ2) is 9.73. The highest BCUT2D eigenvalue weighted by Gasteiger charge is 2.14.